The van der Waals surface area contributed by atoms with Crippen molar-refractivity contribution in [3.05, 3.63) is 35.4 Å². The van der Waals surface area contributed by atoms with Gasteiger partial charge in [-0.3, -0.25) is 4.90 Å². The molecule has 0 amide bonds. The van der Waals surface area contributed by atoms with E-state index < -0.39 is 11.6 Å². The third-order valence-electron chi connectivity index (χ3n) is 4.01. The number of nitrogens with zero attached hydrogens (tertiary/aromatic N) is 1. The number of benzene rings is 1. The van der Waals surface area contributed by atoms with Crippen LogP contribution < -0.4 is 5.32 Å². The van der Waals surface area contributed by atoms with Crippen LogP contribution in [0.15, 0.2) is 18.2 Å². The normalized spacial score (nSPS) is 20.0. The topological polar surface area (TPSA) is 15.3 Å². The van der Waals surface area contributed by atoms with Crippen molar-refractivity contribution in [3.8, 4) is 0 Å². The largest absolute Gasteiger partial charge is 0.314 e. The Kier molecular flexibility index (Phi) is 3.97. The third-order valence-corrected chi connectivity index (χ3v) is 4.01. The van der Waals surface area contributed by atoms with Gasteiger partial charge in [0.2, 0.25) is 0 Å². The lowest BCUT2D eigenvalue weighted by molar-refractivity contribution is 0.143. The Balaban J connectivity index is 2.00. The van der Waals surface area contributed by atoms with Crippen molar-refractivity contribution in [2.45, 2.75) is 31.8 Å². The molecule has 2 nitrogen and oxygen atoms in total. The van der Waals surface area contributed by atoms with Crippen LogP contribution in [0, 0.1) is 11.6 Å². The molecule has 0 aliphatic carbocycles. The van der Waals surface area contributed by atoms with Gasteiger partial charge in [0.05, 0.1) is 0 Å². The first kappa shape index (κ1) is 13.4. The number of hydrogen-bond donors (Lipinski definition) is 1. The number of halogens is 2. The maximum absolute atomic E-state index is 13.5. The monoisotopic (exact) mass is 254 g/mol. The van der Waals surface area contributed by atoms with Crippen molar-refractivity contribution in [1.29, 1.82) is 0 Å². The summed E-state index contributed by atoms with van der Waals surface area (Å²) in [6.45, 7) is 4.28. The lowest BCUT2D eigenvalue weighted by Crippen LogP contribution is -2.49. The summed E-state index contributed by atoms with van der Waals surface area (Å²) >= 11 is 0. The van der Waals surface area contributed by atoms with Gasteiger partial charge in [-0.05, 0) is 38.9 Å². The molecule has 18 heavy (non-hydrogen) atoms. The van der Waals surface area contributed by atoms with Gasteiger partial charge in [-0.25, -0.2) is 8.78 Å². The van der Waals surface area contributed by atoms with Crippen molar-refractivity contribution in [1.82, 2.24) is 10.2 Å². The van der Waals surface area contributed by atoms with Gasteiger partial charge in [-0.2, -0.15) is 0 Å². The minimum Gasteiger partial charge on any atom is -0.314 e. The van der Waals surface area contributed by atoms with Gasteiger partial charge in [-0.1, -0.05) is 6.07 Å². The van der Waals surface area contributed by atoms with E-state index in [4.69, 9.17) is 0 Å². The summed E-state index contributed by atoms with van der Waals surface area (Å²) in [5, 5.41) is 3.31. The second kappa shape index (κ2) is 5.33. The van der Waals surface area contributed by atoms with Crippen LogP contribution in [-0.2, 0) is 6.54 Å². The summed E-state index contributed by atoms with van der Waals surface area (Å²) < 4.78 is 27.1. The van der Waals surface area contributed by atoms with Crippen molar-refractivity contribution < 1.29 is 8.78 Å². The van der Waals surface area contributed by atoms with Gasteiger partial charge >= 0.3 is 0 Å². The van der Waals surface area contributed by atoms with Gasteiger partial charge < -0.3 is 5.32 Å². The Labute approximate surface area is 107 Å². The fourth-order valence-corrected chi connectivity index (χ4v) is 2.36. The SMILES string of the molecule is CNC1(C)CCN(Cc2c(F)cccc2F)CC1. The Morgan fingerprint density at radius 1 is 1.22 bits per heavy atom. The molecule has 2 rings (SSSR count). The summed E-state index contributed by atoms with van der Waals surface area (Å²) in [5.41, 5.74) is 0.343. The molecule has 1 saturated heterocycles. The summed E-state index contributed by atoms with van der Waals surface area (Å²) in [4.78, 5) is 2.11. The molecule has 0 spiro atoms. The highest BCUT2D eigenvalue weighted by molar-refractivity contribution is 5.19. The van der Waals surface area contributed by atoms with E-state index in [1.54, 1.807) is 0 Å². The predicted octanol–water partition coefficient (Wildman–Crippen LogP) is 2.54. The molecule has 1 aromatic rings. The highest BCUT2D eigenvalue weighted by Gasteiger charge is 2.28. The molecular formula is C14H20F2N2. The van der Waals surface area contributed by atoms with Crippen molar-refractivity contribution >= 4 is 0 Å². The second-order valence-corrected chi connectivity index (χ2v) is 5.29. The number of nitrogens with one attached hydrogen (secondary N) is 1. The summed E-state index contributed by atoms with van der Waals surface area (Å²) in [7, 11) is 1.96. The fourth-order valence-electron chi connectivity index (χ4n) is 2.36. The maximum Gasteiger partial charge on any atom is 0.130 e. The van der Waals surface area contributed by atoms with E-state index in [2.05, 4.69) is 17.1 Å². The van der Waals surface area contributed by atoms with E-state index in [0.29, 0.717) is 6.54 Å². The van der Waals surface area contributed by atoms with E-state index in [-0.39, 0.29) is 11.1 Å². The molecule has 0 aromatic heterocycles. The predicted molar refractivity (Wildman–Crippen MR) is 68.3 cm³/mol. The molecule has 0 unspecified atom stereocenters. The Bertz CT molecular complexity index is 392. The van der Waals surface area contributed by atoms with Crippen LogP contribution in [0.4, 0.5) is 8.78 Å². The smallest absolute Gasteiger partial charge is 0.130 e. The quantitative estimate of drug-likeness (QED) is 0.891. The van der Waals surface area contributed by atoms with Crippen LogP contribution in [0.3, 0.4) is 0 Å². The van der Waals surface area contributed by atoms with Gasteiger partial charge in [0.1, 0.15) is 11.6 Å². The third kappa shape index (κ3) is 2.87. The van der Waals surface area contributed by atoms with E-state index in [1.165, 1.54) is 18.2 Å². The zero-order valence-corrected chi connectivity index (χ0v) is 11.0. The van der Waals surface area contributed by atoms with Crippen molar-refractivity contribution in [3.63, 3.8) is 0 Å². The Morgan fingerprint density at radius 2 is 1.78 bits per heavy atom. The van der Waals surface area contributed by atoms with Crippen molar-refractivity contribution in [2.75, 3.05) is 20.1 Å². The molecule has 1 aliphatic heterocycles. The summed E-state index contributed by atoms with van der Waals surface area (Å²) in [6, 6.07) is 4.04. The van der Waals surface area contributed by atoms with E-state index >= 15 is 0 Å². The van der Waals surface area contributed by atoms with Crippen LogP contribution in [0.1, 0.15) is 25.3 Å². The van der Waals surface area contributed by atoms with Gasteiger partial charge in [0, 0.05) is 30.7 Å². The molecule has 4 heteroatoms. The van der Waals surface area contributed by atoms with Gasteiger partial charge in [0.25, 0.3) is 0 Å². The zero-order valence-electron chi connectivity index (χ0n) is 11.0. The van der Waals surface area contributed by atoms with E-state index in [0.717, 1.165) is 25.9 Å². The highest BCUT2D eigenvalue weighted by atomic mass is 19.1. The molecule has 1 fully saturated rings. The first-order valence-electron chi connectivity index (χ1n) is 6.38. The van der Waals surface area contributed by atoms with Gasteiger partial charge in [0.15, 0.2) is 0 Å². The average Bonchev–Trinajstić information content (AvgIpc) is 2.36. The summed E-state index contributed by atoms with van der Waals surface area (Å²) in [5.74, 6) is -0.895. The Morgan fingerprint density at radius 3 is 2.28 bits per heavy atom. The van der Waals surface area contributed by atoms with Crippen molar-refractivity contribution in [2.24, 2.45) is 0 Å². The lowest BCUT2D eigenvalue weighted by atomic mass is 9.90. The number of rotatable bonds is 3. The van der Waals surface area contributed by atoms with Crippen LogP contribution in [0.5, 0.6) is 0 Å². The minimum absolute atomic E-state index is 0.157. The molecule has 0 radical (unpaired) electrons. The maximum atomic E-state index is 13.5. The number of piperidine rings is 1. The van der Waals surface area contributed by atoms with Gasteiger partial charge in [-0.15, -0.1) is 0 Å². The molecule has 1 heterocycles. The van der Waals surface area contributed by atoms with E-state index in [9.17, 15) is 8.78 Å². The molecule has 0 bridgehead atoms. The fraction of sp³-hybridized carbons (Fsp3) is 0.571. The minimum atomic E-state index is -0.447. The highest BCUT2D eigenvalue weighted by Crippen LogP contribution is 2.23. The Hall–Kier alpha value is -1.00. The molecule has 1 aromatic carbocycles. The van der Waals surface area contributed by atoms with Crippen LogP contribution in [0.2, 0.25) is 0 Å². The van der Waals surface area contributed by atoms with E-state index in [1.807, 2.05) is 7.05 Å². The first-order chi connectivity index (χ1) is 8.54. The van der Waals surface area contributed by atoms with Crippen LogP contribution in [-0.4, -0.2) is 30.6 Å². The molecule has 0 saturated carbocycles. The standard InChI is InChI=1S/C14H20F2N2/c1-14(17-2)6-8-18(9-7-14)10-11-12(15)4-3-5-13(11)16/h3-5,17H,6-10H2,1-2H3. The number of hydrogen-bond acceptors (Lipinski definition) is 2. The molecular weight excluding hydrogens is 234 g/mol. The number of likely N-dealkylation sites (tertiary alicyclic amines) is 1. The van der Waals surface area contributed by atoms with Crippen LogP contribution in [0.25, 0.3) is 0 Å². The molecule has 0 atom stereocenters. The summed E-state index contributed by atoms with van der Waals surface area (Å²) in [6.07, 6.45) is 2.00. The molecule has 100 valence electrons. The first-order valence-corrected chi connectivity index (χ1v) is 6.38. The lowest BCUT2D eigenvalue weighted by Gasteiger charge is -2.39. The molecule has 1 aliphatic rings. The zero-order chi connectivity index (χ0) is 13.2. The van der Waals surface area contributed by atoms with Crippen LogP contribution >= 0.6 is 0 Å². The molecule has 1 N–H and O–H groups in total. The average molecular weight is 254 g/mol. The second-order valence-electron chi connectivity index (χ2n) is 5.29.